The second kappa shape index (κ2) is 15.9. The van der Waals surface area contributed by atoms with Crippen molar-refractivity contribution in [2.24, 2.45) is 10.8 Å². The largest absolute Gasteiger partial charge is 0.512 e. The van der Waals surface area contributed by atoms with Crippen LogP contribution in [0.25, 0.3) is 55.3 Å². The van der Waals surface area contributed by atoms with Crippen molar-refractivity contribution < 1.29 is 34.4 Å². The molecule has 0 aliphatic heterocycles. The quantitative estimate of drug-likeness (QED) is 0.0894. The van der Waals surface area contributed by atoms with Gasteiger partial charge < -0.3 is 9.52 Å². The van der Waals surface area contributed by atoms with Crippen LogP contribution >= 0.6 is 0 Å². The summed E-state index contributed by atoms with van der Waals surface area (Å²) in [7, 11) is 0. The van der Waals surface area contributed by atoms with E-state index in [1.54, 1.807) is 0 Å². The third-order valence-electron chi connectivity index (χ3n) is 11.3. The van der Waals surface area contributed by atoms with Crippen LogP contribution in [0.3, 0.4) is 0 Å². The molecule has 1 radical (unpaired) electrons. The first-order valence-corrected chi connectivity index (χ1v) is 18.1. The number of aliphatic hydroxyl groups excluding tert-OH is 1. The number of nitrogens with zero attached hydrogens (tertiary/aromatic N) is 1. The molecule has 0 amide bonds. The summed E-state index contributed by atoms with van der Waals surface area (Å²) in [5.74, 6) is 1.34. The monoisotopic (exact) mass is 855 g/mol. The molecule has 7 rings (SSSR count). The van der Waals surface area contributed by atoms with E-state index in [1.165, 1.54) is 39.3 Å². The topological polar surface area (TPSA) is 63.3 Å². The zero-order valence-corrected chi connectivity index (χ0v) is 33.0. The number of benzene rings is 4. The summed E-state index contributed by atoms with van der Waals surface area (Å²) in [5, 5.41) is 13.5. The van der Waals surface area contributed by atoms with E-state index in [4.69, 9.17) is 9.40 Å². The Kier molecular flexibility index (Phi) is 11.8. The number of carbonyl (C=O) groups is 1. The van der Waals surface area contributed by atoms with Crippen molar-refractivity contribution in [1.82, 2.24) is 4.98 Å². The summed E-state index contributed by atoms with van der Waals surface area (Å²) < 4.78 is 6.36. The molecule has 0 saturated heterocycles. The minimum atomic E-state index is -0.337. The minimum Gasteiger partial charge on any atom is -0.512 e. The fraction of sp³-hybridized carbons (Fsp3) is 0.304. The van der Waals surface area contributed by atoms with Gasteiger partial charge in [-0.2, -0.15) is 0 Å². The predicted octanol–water partition coefficient (Wildman–Crippen LogP) is 12.5. The first-order valence-electron chi connectivity index (χ1n) is 18.1. The van der Waals surface area contributed by atoms with Crippen molar-refractivity contribution in [3.63, 3.8) is 0 Å². The van der Waals surface area contributed by atoms with Crippen LogP contribution in [0.5, 0.6) is 0 Å². The van der Waals surface area contributed by atoms with E-state index < -0.39 is 0 Å². The molecular weight excluding hydrogens is 807 g/mol. The summed E-state index contributed by atoms with van der Waals surface area (Å²) in [5.41, 5.74) is 8.41. The zero-order chi connectivity index (χ0) is 35.5. The summed E-state index contributed by atoms with van der Waals surface area (Å²) in [6.45, 7) is 12.1. The first kappa shape index (κ1) is 37.9. The van der Waals surface area contributed by atoms with E-state index >= 15 is 0 Å². The molecule has 0 atom stereocenters. The number of ketones is 1. The van der Waals surface area contributed by atoms with Crippen LogP contribution in [0.15, 0.2) is 113 Å². The Balaban J connectivity index is 0.000000242. The molecule has 2 heterocycles. The van der Waals surface area contributed by atoms with Crippen molar-refractivity contribution in [2.75, 3.05) is 0 Å². The van der Waals surface area contributed by atoms with E-state index in [2.05, 4.69) is 91.0 Å². The number of fused-ring (bicyclic) bond motifs is 6. The van der Waals surface area contributed by atoms with Gasteiger partial charge in [0.25, 0.3) is 0 Å². The van der Waals surface area contributed by atoms with Gasteiger partial charge in [0.1, 0.15) is 17.1 Å². The average Bonchev–Trinajstić information content (AvgIpc) is 3.57. The Morgan fingerprint density at radius 2 is 1.47 bits per heavy atom. The minimum absolute atomic E-state index is 0. The van der Waals surface area contributed by atoms with Crippen LogP contribution in [-0.4, -0.2) is 15.9 Å². The van der Waals surface area contributed by atoms with E-state index in [1.807, 2.05) is 53.8 Å². The number of aromatic nitrogens is 1. The molecule has 265 valence electrons. The number of rotatable bonds is 9. The van der Waals surface area contributed by atoms with Gasteiger partial charge in [0.2, 0.25) is 0 Å². The van der Waals surface area contributed by atoms with Crippen LogP contribution < -0.4 is 0 Å². The van der Waals surface area contributed by atoms with Crippen molar-refractivity contribution in [2.45, 2.75) is 80.1 Å². The molecule has 2 aromatic heterocycles. The van der Waals surface area contributed by atoms with Gasteiger partial charge in [-0.1, -0.05) is 131 Å². The maximum Gasteiger partial charge on any atom is 0.164 e. The number of pyridine rings is 1. The van der Waals surface area contributed by atoms with Gasteiger partial charge in [-0.25, -0.2) is 0 Å². The van der Waals surface area contributed by atoms with Crippen LogP contribution in [0.2, 0.25) is 0 Å². The number of carbonyl (C=O) groups excluding carboxylic acids is 1. The molecule has 0 fully saturated rings. The van der Waals surface area contributed by atoms with E-state index in [0.29, 0.717) is 0 Å². The van der Waals surface area contributed by atoms with E-state index in [9.17, 15) is 9.90 Å². The predicted molar refractivity (Wildman–Crippen MR) is 207 cm³/mol. The number of furan rings is 1. The number of aliphatic hydroxyl groups is 1. The van der Waals surface area contributed by atoms with Gasteiger partial charge in [-0.15, -0.1) is 23.6 Å². The Bertz CT molecular complexity index is 2170. The fourth-order valence-corrected chi connectivity index (χ4v) is 6.89. The van der Waals surface area contributed by atoms with Crippen LogP contribution in [0, 0.1) is 16.9 Å². The second-order valence-electron chi connectivity index (χ2n) is 14.0. The number of aryl methyl sites for hydroxylation is 2. The Hall–Kier alpha value is -4.31. The second-order valence-corrected chi connectivity index (χ2v) is 14.0. The zero-order valence-electron chi connectivity index (χ0n) is 30.6. The molecule has 0 bridgehead atoms. The normalized spacial score (nSPS) is 12.8. The van der Waals surface area contributed by atoms with Gasteiger partial charge in [-0.3, -0.25) is 9.78 Å². The van der Waals surface area contributed by atoms with Gasteiger partial charge in [0.15, 0.2) is 5.78 Å². The van der Waals surface area contributed by atoms with Gasteiger partial charge in [0, 0.05) is 66.3 Å². The Morgan fingerprint density at radius 1 is 0.824 bits per heavy atom. The maximum atomic E-state index is 12.2. The molecule has 0 saturated carbocycles. The molecule has 0 spiro atoms. The fourth-order valence-electron chi connectivity index (χ4n) is 6.89. The third-order valence-corrected chi connectivity index (χ3v) is 11.3. The summed E-state index contributed by atoms with van der Waals surface area (Å²) in [4.78, 5) is 17.1. The van der Waals surface area contributed by atoms with Crippen molar-refractivity contribution in [1.29, 1.82) is 0 Å². The van der Waals surface area contributed by atoms with Crippen molar-refractivity contribution in [3.05, 3.63) is 126 Å². The van der Waals surface area contributed by atoms with Gasteiger partial charge in [-0.05, 0) is 54.9 Å². The van der Waals surface area contributed by atoms with Crippen molar-refractivity contribution in [3.8, 4) is 33.5 Å². The number of allylic oxidation sites excluding steroid dienone is 2. The van der Waals surface area contributed by atoms with E-state index in [0.717, 1.165) is 71.9 Å². The molecule has 0 unspecified atom stereocenters. The van der Waals surface area contributed by atoms with Crippen LogP contribution in [0.4, 0.5) is 0 Å². The molecular formula is C46H48IrNO3-. The Morgan fingerprint density at radius 3 is 2.18 bits per heavy atom. The van der Waals surface area contributed by atoms with Gasteiger partial charge in [0.05, 0.1) is 0 Å². The summed E-state index contributed by atoms with van der Waals surface area (Å²) >= 11 is 0. The first-order chi connectivity index (χ1) is 24.2. The molecule has 4 aromatic carbocycles. The number of hydrogen-bond donors (Lipinski definition) is 1. The molecule has 1 aliphatic carbocycles. The SMILES string of the molecule is CCC(C)(CC)C(=O)/C=C(\O)C(C)(CC)CC.[Ir].[c-]1c(-c2nccc3oc4c(c23)-c2ccccc2CC4)cc(-c2ccccc2)c2ccccc12. The smallest absolute Gasteiger partial charge is 0.164 e. The molecule has 6 aromatic rings. The summed E-state index contributed by atoms with van der Waals surface area (Å²) in [6.07, 6.45) is 8.53. The average molecular weight is 855 g/mol. The molecule has 51 heavy (non-hydrogen) atoms. The molecule has 4 nitrogen and oxygen atoms in total. The third kappa shape index (κ3) is 7.38. The standard InChI is InChI=1S/C31H20NO.C15H28O2.Ir/c1-2-8-20(9-3-1)26-19-23(18-22-11-5-6-12-24(22)26)31-30-28(16-17-32-31)33-27-15-14-21-10-4-7-13-25(21)29(27)30;1-7-14(5,8-2)12(16)11-13(17)15(6,9-3)10-4;/h1-13,16-17,19H,14-15H2;11,16H,7-10H2,1-6H3;/q-1;;/b;12-11-;. The van der Waals surface area contributed by atoms with Crippen molar-refractivity contribution >= 4 is 27.5 Å². The maximum absolute atomic E-state index is 12.2. The molecule has 5 heteroatoms. The van der Waals surface area contributed by atoms with Crippen LogP contribution in [0.1, 0.15) is 78.5 Å². The van der Waals surface area contributed by atoms with E-state index in [-0.39, 0.29) is 42.5 Å². The Labute approximate surface area is 316 Å². The molecule has 1 aliphatic rings. The van der Waals surface area contributed by atoms with Gasteiger partial charge >= 0.3 is 0 Å². The summed E-state index contributed by atoms with van der Waals surface area (Å²) in [6, 6.07) is 35.5. The molecule has 1 N–H and O–H groups in total. The number of hydrogen-bond acceptors (Lipinski definition) is 4. The van der Waals surface area contributed by atoms with Crippen LogP contribution in [-0.2, 0) is 37.7 Å².